The second-order valence-electron chi connectivity index (χ2n) is 2.56. The lowest BCUT2D eigenvalue weighted by atomic mass is 10.1. The van der Waals surface area contributed by atoms with Gasteiger partial charge in [-0.3, -0.25) is 0 Å². The first-order chi connectivity index (χ1) is 6.31. The SMILES string of the molecule is C[CH]C(Cl)(Cl)C(Cl)(Cl)C(Cl)(Cl)C(Cl)(Cl)Cl. The van der Waals surface area contributed by atoms with Crippen LogP contribution in [0.5, 0.6) is 0 Å². The summed E-state index contributed by atoms with van der Waals surface area (Å²) in [5.74, 6) is 0. The molecule has 9 heteroatoms. The fraction of sp³-hybridized carbons (Fsp3) is 0.833. The minimum atomic E-state index is -2.20. The fourth-order valence-corrected chi connectivity index (χ4v) is 2.56. The normalized spacial score (nSPS) is 15.6. The van der Waals surface area contributed by atoms with Crippen molar-refractivity contribution in [2.45, 2.75) is 23.7 Å². The predicted octanol–water partition coefficient (Wildman–Crippen LogP) is 6.10. The molecule has 0 fully saturated rings. The second kappa shape index (κ2) is 5.31. The number of rotatable bonds is 3. The molecule has 0 aliphatic carbocycles. The molecule has 0 aromatic carbocycles. The van der Waals surface area contributed by atoms with Gasteiger partial charge in [0.15, 0.2) is 13.0 Å². The zero-order chi connectivity index (χ0) is 12.7. The van der Waals surface area contributed by atoms with E-state index in [2.05, 4.69) is 0 Å². The van der Waals surface area contributed by atoms with Gasteiger partial charge in [0.05, 0.1) is 0 Å². The van der Waals surface area contributed by atoms with Gasteiger partial charge < -0.3 is 0 Å². The Morgan fingerprint density at radius 1 is 0.667 bits per heavy atom. The zero-order valence-corrected chi connectivity index (χ0v) is 13.8. The molecular formula is C6H4Cl9. The van der Waals surface area contributed by atoms with Crippen LogP contribution >= 0.6 is 104 Å². The van der Waals surface area contributed by atoms with Crippen molar-refractivity contribution in [2.75, 3.05) is 0 Å². The lowest BCUT2D eigenvalue weighted by Gasteiger charge is -2.43. The summed E-state index contributed by atoms with van der Waals surface area (Å²) in [6.45, 7) is 1.50. The van der Waals surface area contributed by atoms with Crippen molar-refractivity contribution in [1.82, 2.24) is 0 Å². The molecule has 0 N–H and O–H groups in total. The van der Waals surface area contributed by atoms with E-state index in [0.29, 0.717) is 0 Å². The lowest BCUT2D eigenvalue weighted by Crippen LogP contribution is -2.56. The maximum Gasteiger partial charge on any atom is 0.226 e. The molecule has 0 rings (SSSR count). The third-order valence-electron chi connectivity index (χ3n) is 1.53. The van der Waals surface area contributed by atoms with Gasteiger partial charge in [-0.15, -0.1) is 0 Å². The number of halogens is 9. The quantitative estimate of drug-likeness (QED) is 0.507. The van der Waals surface area contributed by atoms with Crippen LogP contribution in [0.25, 0.3) is 0 Å². The number of alkyl halides is 9. The van der Waals surface area contributed by atoms with Crippen molar-refractivity contribution in [1.29, 1.82) is 0 Å². The second-order valence-corrected chi connectivity index (χ2v) is 8.88. The summed E-state index contributed by atoms with van der Waals surface area (Å²) in [6.07, 6.45) is 1.27. The van der Waals surface area contributed by atoms with Gasteiger partial charge in [0.1, 0.15) is 0 Å². The molecule has 0 aliphatic rings. The molecule has 0 atom stereocenters. The van der Waals surface area contributed by atoms with E-state index in [1.54, 1.807) is 0 Å². The highest BCUT2D eigenvalue weighted by molar-refractivity contribution is 6.80. The molecular weight excluding hydrogens is 391 g/mol. The van der Waals surface area contributed by atoms with E-state index in [4.69, 9.17) is 104 Å². The van der Waals surface area contributed by atoms with E-state index in [9.17, 15) is 0 Å². The average molecular weight is 395 g/mol. The molecule has 0 amide bonds. The van der Waals surface area contributed by atoms with Crippen LogP contribution in [0.2, 0.25) is 0 Å². The molecule has 0 saturated carbocycles. The van der Waals surface area contributed by atoms with Crippen molar-refractivity contribution >= 4 is 104 Å². The standard InChI is InChI=1S/C6H4Cl9/c1-2-3(7,8)4(9,10)5(11,12)6(13,14)15/h2H,1H3. The van der Waals surface area contributed by atoms with Gasteiger partial charge >= 0.3 is 0 Å². The van der Waals surface area contributed by atoms with Gasteiger partial charge in [0.2, 0.25) is 3.79 Å². The maximum absolute atomic E-state index is 5.86. The van der Waals surface area contributed by atoms with Crippen LogP contribution in [0.15, 0.2) is 0 Å². The minimum absolute atomic E-state index is 1.27. The summed E-state index contributed by atoms with van der Waals surface area (Å²) < 4.78 is -8.28. The Morgan fingerprint density at radius 3 is 1.20 bits per heavy atom. The maximum atomic E-state index is 5.86. The molecule has 0 nitrogen and oxygen atoms in total. The lowest BCUT2D eigenvalue weighted by molar-refractivity contribution is 0.622. The number of hydrogen-bond donors (Lipinski definition) is 0. The van der Waals surface area contributed by atoms with Crippen LogP contribution in [-0.2, 0) is 0 Å². The monoisotopic (exact) mass is 391 g/mol. The van der Waals surface area contributed by atoms with E-state index in [1.807, 2.05) is 0 Å². The Labute approximate surface area is 133 Å². The molecule has 0 aromatic rings. The van der Waals surface area contributed by atoms with Crippen LogP contribution in [0.1, 0.15) is 6.92 Å². The molecule has 15 heavy (non-hydrogen) atoms. The van der Waals surface area contributed by atoms with E-state index in [0.717, 1.165) is 0 Å². The number of hydrogen-bond acceptors (Lipinski definition) is 0. The van der Waals surface area contributed by atoms with Crippen molar-refractivity contribution in [3.63, 3.8) is 0 Å². The first-order valence-corrected chi connectivity index (χ1v) is 6.72. The Hall–Kier alpha value is 2.61. The first-order valence-electron chi connectivity index (χ1n) is 3.32. The van der Waals surface area contributed by atoms with E-state index in [-0.39, 0.29) is 0 Å². The molecule has 0 aromatic heterocycles. The van der Waals surface area contributed by atoms with Gasteiger partial charge in [-0.2, -0.15) is 0 Å². The van der Waals surface area contributed by atoms with Crippen LogP contribution in [0.3, 0.4) is 0 Å². The van der Waals surface area contributed by atoms with E-state index < -0.39 is 16.8 Å². The van der Waals surface area contributed by atoms with Crippen LogP contribution in [0, 0.1) is 6.42 Å². The summed E-state index contributed by atoms with van der Waals surface area (Å²) in [6, 6.07) is 0. The molecule has 91 valence electrons. The fourth-order valence-electron chi connectivity index (χ4n) is 0.569. The molecule has 0 saturated heterocycles. The molecule has 0 unspecified atom stereocenters. The predicted molar refractivity (Wildman–Crippen MR) is 73.6 cm³/mol. The molecule has 0 heterocycles. The van der Waals surface area contributed by atoms with Gasteiger partial charge in [-0.25, -0.2) is 0 Å². The summed E-state index contributed by atoms with van der Waals surface area (Å²) in [7, 11) is 0. The van der Waals surface area contributed by atoms with Crippen molar-refractivity contribution < 1.29 is 0 Å². The minimum Gasteiger partial charge on any atom is -0.0979 e. The first kappa shape index (κ1) is 17.6. The third-order valence-corrected chi connectivity index (χ3v) is 7.04. The summed E-state index contributed by atoms with van der Waals surface area (Å²) in [5.41, 5.74) is 0. The van der Waals surface area contributed by atoms with Crippen LogP contribution < -0.4 is 0 Å². The Morgan fingerprint density at radius 2 is 1.00 bits per heavy atom. The van der Waals surface area contributed by atoms with Crippen molar-refractivity contribution in [3.05, 3.63) is 6.42 Å². The highest BCUT2D eigenvalue weighted by atomic mass is 35.6. The van der Waals surface area contributed by atoms with Crippen LogP contribution in [-0.4, -0.2) is 16.8 Å². The molecule has 0 bridgehead atoms. The Balaban J connectivity index is 5.38. The van der Waals surface area contributed by atoms with E-state index in [1.165, 1.54) is 13.3 Å². The molecule has 1 radical (unpaired) electrons. The molecule has 0 aliphatic heterocycles. The third kappa shape index (κ3) is 3.33. The smallest absolute Gasteiger partial charge is 0.0979 e. The largest absolute Gasteiger partial charge is 0.226 e. The Kier molecular flexibility index (Phi) is 6.23. The van der Waals surface area contributed by atoms with E-state index >= 15 is 0 Å². The summed E-state index contributed by atoms with van der Waals surface area (Å²) >= 11 is 51.5. The molecule has 0 spiro atoms. The van der Waals surface area contributed by atoms with Gasteiger partial charge in [0.25, 0.3) is 0 Å². The highest BCUT2D eigenvalue weighted by Crippen LogP contribution is 2.62. The van der Waals surface area contributed by atoms with Crippen LogP contribution in [0.4, 0.5) is 0 Å². The summed E-state index contributed by atoms with van der Waals surface area (Å²) in [4.78, 5) is 0. The zero-order valence-electron chi connectivity index (χ0n) is 6.98. The van der Waals surface area contributed by atoms with Crippen molar-refractivity contribution in [3.8, 4) is 0 Å². The van der Waals surface area contributed by atoms with Gasteiger partial charge in [0, 0.05) is 0 Å². The highest BCUT2D eigenvalue weighted by Gasteiger charge is 2.67. The topological polar surface area (TPSA) is 0 Å². The average Bonchev–Trinajstić information content (AvgIpc) is 2.01. The van der Waals surface area contributed by atoms with Gasteiger partial charge in [-0.1, -0.05) is 111 Å². The Bertz CT molecular complexity index is 225. The van der Waals surface area contributed by atoms with Gasteiger partial charge in [-0.05, 0) is 6.42 Å². The van der Waals surface area contributed by atoms with Crippen molar-refractivity contribution in [2.24, 2.45) is 0 Å². The summed E-state index contributed by atoms with van der Waals surface area (Å²) in [5, 5.41) is 0.